The summed E-state index contributed by atoms with van der Waals surface area (Å²) in [4.78, 5) is 12.1. The Hall–Kier alpha value is -2.08. The van der Waals surface area contributed by atoms with E-state index >= 15 is 0 Å². The number of aryl methyl sites for hydroxylation is 2. The first kappa shape index (κ1) is 13.9. The van der Waals surface area contributed by atoms with E-state index in [0.29, 0.717) is 16.2 Å². The van der Waals surface area contributed by atoms with Crippen LogP contribution in [0.5, 0.6) is 0 Å². The SMILES string of the molecule is Cc1ccc2c(CC(=O)Nc3cc(C)on3)c(Br)oc2c1. The summed E-state index contributed by atoms with van der Waals surface area (Å²) < 4.78 is 11.1. The molecule has 0 aliphatic rings. The summed E-state index contributed by atoms with van der Waals surface area (Å²) in [5.74, 6) is 0.889. The van der Waals surface area contributed by atoms with Gasteiger partial charge in [-0.25, -0.2) is 0 Å². The van der Waals surface area contributed by atoms with Crippen LogP contribution in [-0.4, -0.2) is 11.1 Å². The van der Waals surface area contributed by atoms with Crippen molar-refractivity contribution in [2.45, 2.75) is 20.3 Å². The molecule has 108 valence electrons. The van der Waals surface area contributed by atoms with E-state index in [9.17, 15) is 4.79 Å². The molecule has 0 unspecified atom stereocenters. The quantitative estimate of drug-likeness (QED) is 0.777. The van der Waals surface area contributed by atoms with Crippen LogP contribution in [0.15, 0.2) is 37.9 Å². The summed E-state index contributed by atoms with van der Waals surface area (Å²) in [6.45, 7) is 3.76. The molecule has 2 heterocycles. The lowest BCUT2D eigenvalue weighted by atomic mass is 10.1. The first-order valence-corrected chi connectivity index (χ1v) is 7.23. The van der Waals surface area contributed by atoms with Gasteiger partial charge in [-0.15, -0.1) is 0 Å². The normalized spacial score (nSPS) is 11.0. The number of carbonyl (C=O) groups is 1. The monoisotopic (exact) mass is 348 g/mol. The molecule has 1 aromatic carbocycles. The summed E-state index contributed by atoms with van der Waals surface area (Å²) in [7, 11) is 0. The molecule has 1 N–H and O–H groups in total. The van der Waals surface area contributed by atoms with Crippen LogP contribution >= 0.6 is 15.9 Å². The fraction of sp³-hybridized carbons (Fsp3) is 0.200. The Morgan fingerprint density at radius 2 is 2.14 bits per heavy atom. The minimum atomic E-state index is -0.174. The lowest BCUT2D eigenvalue weighted by molar-refractivity contribution is -0.115. The Morgan fingerprint density at radius 1 is 1.33 bits per heavy atom. The second-order valence-corrected chi connectivity index (χ2v) is 5.62. The molecule has 1 amide bonds. The van der Waals surface area contributed by atoms with Gasteiger partial charge in [0, 0.05) is 17.0 Å². The van der Waals surface area contributed by atoms with Gasteiger partial charge >= 0.3 is 0 Å². The number of anilines is 1. The van der Waals surface area contributed by atoms with Gasteiger partial charge in [-0.3, -0.25) is 4.79 Å². The molecule has 2 aromatic heterocycles. The first-order valence-electron chi connectivity index (χ1n) is 6.43. The predicted molar refractivity (Wildman–Crippen MR) is 82.2 cm³/mol. The zero-order valence-electron chi connectivity index (χ0n) is 11.6. The molecule has 6 heteroatoms. The van der Waals surface area contributed by atoms with E-state index in [1.165, 1.54) is 0 Å². The van der Waals surface area contributed by atoms with Gasteiger partial charge in [0.1, 0.15) is 11.3 Å². The summed E-state index contributed by atoms with van der Waals surface area (Å²) >= 11 is 3.37. The molecule has 0 aliphatic heterocycles. The minimum Gasteiger partial charge on any atom is -0.449 e. The Labute approximate surface area is 129 Å². The largest absolute Gasteiger partial charge is 0.449 e. The van der Waals surface area contributed by atoms with E-state index < -0.39 is 0 Å². The second kappa shape index (κ2) is 5.37. The third kappa shape index (κ3) is 2.85. The van der Waals surface area contributed by atoms with Gasteiger partial charge in [0.25, 0.3) is 0 Å². The van der Waals surface area contributed by atoms with Crippen molar-refractivity contribution in [1.82, 2.24) is 5.16 Å². The third-order valence-electron chi connectivity index (χ3n) is 3.13. The van der Waals surface area contributed by atoms with E-state index in [1.807, 2.05) is 25.1 Å². The van der Waals surface area contributed by atoms with Gasteiger partial charge in [0.05, 0.1) is 6.42 Å². The predicted octanol–water partition coefficient (Wildman–Crippen LogP) is 3.98. The Balaban J connectivity index is 1.84. The van der Waals surface area contributed by atoms with Crippen LogP contribution in [0.4, 0.5) is 5.82 Å². The molecule has 0 atom stereocenters. The number of rotatable bonds is 3. The van der Waals surface area contributed by atoms with Crippen LogP contribution in [0.1, 0.15) is 16.9 Å². The summed E-state index contributed by atoms with van der Waals surface area (Å²) in [6.07, 6.45) is 0.197. The number of halogens is 1. The van der Waals surface area contributed by atoms with Crippen molar-refractivity contribution < 1.29 is 13.7 Å². The van der Waals surface area contributed by atoms with Crippen molar-refractivity contribution in [3.8, 4) is 0 Å². The molecule has 0 aliphatic carbocycles. The van der Waals surface area contributed by atoms with Crippen LogP contribution in [0.3, 0.4) is 0 Å². The van der Waals surface area contributed by atoms with Gasteiger partial charge in [0.2, 0.25) is 5.91 Å². The highest BCUT2D eigenvalue weighted by molar-refractivity contribution is 9.10. The van der Waals surface area contributed by atoms with Crippen molar-refractivity contribution in [2.24, 2.45) is 0 Å². The van der Waals surface area contributed by atoms with Crippen molar-refractivity contribution >= 4 is 38.6 Å². The van der Waals surface area contributed by atoms with Crippen molar-refractivity contribution in [3.05, 3.63) is 45.8 Å². The molecule has 21 heavy (non-hydrogen) atoms. The lowest BCUT2D eigenvalue weighted by Crippen LogP contribution is -2.14. The summed E-state index contributed by atoms with van der Waals surface area (Å²) in [6, 6.07) is 7.57. The average molecular weight is 349 g/mol. The van der Waals surface area contributed by atoms with E-state index in [0.717, 1.165) is 22.1 Å². The summed E-state index contributed by atoms with van der Waals surface area (Å²) in [5.41, 5.74) is 2.70. The standard InChI is InChI=1S/C15H13BrN2O3/c1-8-3-4-10-11(15(16)20-12(10)5-8)7-14(19)17-13-6-9(2)21-18-13/h3-6H,7H2,1-2H3,(H,17,18,19). The number of furan rings is 1. The molecule has 3 rings (SSSR count). The Bertz CT molecular complexity index is 820. The van der Waals surface area contributed by atoms with Gasteiger partial charge in [-0.2, -0.15) is 0 Å². The lowest BCUT2D eigenvalue weighted by Gasteiger charge is -2.00. The van der Waals surface area contributed by atoms with E-state index in [-0.39, 0.29) is 12.3 Å². The van der Waals surface area contributed by atoms with Crippen molar-refractivity contribution in [3.63, 3.8) is 0 Å². The highest BCUT2D eigenvalue weighted by atomic mass is 79.9. The molecule has 0 bridgehead atoms. The summed E-state index contributed by atoms with van der Waals surface area (Å²) in [5, 5.41) is 7.37. The molecule has 3 aromatic rings. The van der Waals surface area contributed by atoms with Crippen LogP contribution < -0.4 is 5.32 Å². The number of aromatic nitrogens is 1. The zero-order chi connectivity index (χ0) is 15.0. The highest BCUT2D eigenvalue weighted by Gasteiger charge is 2.16. The zero-order valence-corrected chi connectivity index (χ0v) is 13.2. The van der Waals surface area contributed by atoms with Gasteiger partial charge in [-0.1, -0.05) is 17.3 Å². The molecule has 0 saturated heterocycles. The molecular weight excluding hydrogens is 336 g/mol. The van der Waals surface area contributed by atoms with E-state index in [1.54, 1.807) is 13.0 Å². The van der Waals surface area contributed by atoms with Crippen LogP contribution in [0, 0.1) is 13.8 Å². The third-order valence-corrected chi connectivity index (χ3v) is 3.77. The van der Waals surface area contributed by atoms with Crippen LogP contribution in [0.25, 0.3) is 11.0 Å². The molecule has 0 fully saturated rings. The Morgan fingerprint density at radius 3 is 2.86 bits per heavy atom. The molecular formula is C15H13BrN2O3. The minimum absolute atomic E-state index is 0.174. The van der Waals surface area contributed by atoms with Crippen molar-refractivity contribution in [1.29, 1.82) is 0 Å². The van der Waals surface area contributed by atoms with Gasteiger partial charge in [0.15, 0.2) is 10.5 Å². The number of hydrogen-bond acceptors (Lipinski definition) is 4. The first-order chi connectivity index (χ1) is 10.0. The maximum Gasteiger partial charge on any atom is 0.230 e. The topological polar surface area (TPSA) is 68.3 Å². The van der Waals surface area contributed by atoms with E-state index in [2.05, 4.69) is 26.4 Å². The average Bonchev–Trinajstić information content (AvgIpc) is 2.94. The number of amides is 1. The second-order valence-electron chi connectivity index (χ2n) is 4.90. The number of benzene rings is 1. The smallest absolute Gasteiger partial charge is 0.230 e. The van der Waals surface area contributed by atoms with Crippen LogP contribution in [0.2, 0.25) is 0 Å². The molecule has 0 saturated carbocycles. The maximum absolute atomic E-state index is 12.1. The number of nitrogens with one attached hydrogen (secondary N) is 1. The number of nitrogens with zero attached hydrogens (tertiary/aromatic N) is 1. The van der Waals surface area contributed by atoms with E-state index in [4.69, 9.17) is 8.94 Å². The number of carbonyl (C=O) groups excluding carboxylic acids is 1. The van der Waals surface area contributed by atoms with Gasteiger partial charge < -0.3 is 14.3 Å². The maximum atomic E-state index is 12.1. The van der Waals surface area contributed by atoms with Crippen molar-refractivity contribution in [2.75, 3.05) is 5.32 Å². The number of fused-ring (bicyclic) bond motifs is 1. The Kier molecular flexibility index (Phi) is 3.55. The van der Waals surface area contributed by atoms with Crippen LogP contribution in [-0.2, 0) is 11.2 Å². The number of hydrogen-bond donors (Lipinski definition) is 1. The molecule has 0 radical (unpaired) electrons. The molecule has 0 spiro atoms. The fourth-order valence-corrected chi connectivity index (χ4v) is 2.69. The highest BCUT2D eigenvalue weighted by Crippen LogP contribution is 2.31. The van der Waals surface area contributed by atoms with Gasteiger partial charge in [-0.05, 0) is 41.4 Å². The molecule has 5 nitrogen and oxygen atoms in total. The fourth-order valence-electron chi connectivity index (χ4n) is 2.16.